The number of aliphatic hydroxyl groups is 1. The molecule has 0 aliphatic carbocycles. The Morgan fingerprint density at radius 2 is 2.33 bits per heavy atom. The standard InChI is InChI=1S/C9H15N3O3/c13-7-1-3-11(5-7)6-8(14)12-4-2-10-9(12)15/h7,13H,1-6H2,(H,10,15). The van der Waals surface area contributed by atoms with Crippen LogP contribution in [0, 0.1) is 0 Å². The monoisotopic (exact) mass is 213 g/mol. The quantitative estimate of drug-likeness (QED) is 0.592. The molecule has 2 rings (SSSR count). The third-order valence-corrected chi connectivity index (χ3v) is 2.76. The zero-order chi connectivity index (χ0) is 10.8. The summed E-state index contributed by atoms with van der Waals surface area (Å²) >= 11 is 0. The van der Waals surface area contributed by atoms with Crippen molar-refractivity contribution in [3.05, 3.63) is 0 Å². The largest absolute Gasteiger partial charge is 0.392 e. The van der Waals surface area contributed by atoms with E-state index in [9.17, 15) is 14.7 Å². The number of hydrogen-bond acceptors (Lipinski definition) is 4. The van der Waals surface area contributed by atoms with Gasteiger partial charge in [-0.25, -0.2) is 4.79 Å². The molecular weight excluding hydrogens is 198 g/mol. The van der Waals surface area contributed by atoms with Crippen molar-refractivity contribution in [1.29, 1.82) is 0 Å². The fraction of sp³-hybridized carbons (Fsp3) is 0.778. The Morgan fingerprint density at radius 1 is 1.53 bits per heavy atom. The summed E-state index contributed by atoms with van der Waals surface area (Å²) < 4.78 is 0. The van der Waals surface area contributed by atoms with Crippen LogP contribution in [0.4, 0.5) is 4.79 Å². The number of nitrogens with zero attached hydrogens (tertiary/aromatic N) is 2. The van der Waals surface area contributed by atoms with Gasteiger partial charge in [0, 0.05) is 26.2 Å². The van der Waals surface area contributed by atoms with E-state index in [1.807, 2.05) is 4.90 Å². The lowest BCUT2D eigenvalue weighted by Crippen LogP contribution is -2.41. The first-order valence-electron chi connectivity index (χ1n) is 5.15. The van der Waals surface area contributed by atoms with Crippen LogP contribution in [0.25, 0.3) is 0 Å². The van der Waals surface area contributed by atoms with Gasteiger partial charge < -0.3 is 10.4 Å². The van der Waals surface area contributed by atoms with Gasteiger partial charge in [0.1, 0.15) is 0 Å². The number of carbonyl (C=O) groups is 2. The number of β-amino-alcohol motifs (C(OH)–C–C–N with tert-alkyl or cyclic N) is 1. The van der Waals surface area contributed by atoms with Gasteiger partial charge in [-0.3, -0.25) is 14.6 Å². The molecule has 3 amide bonds. The van der Waals surface area contributed by atoms with Crippen LogP contribution in [0.2, 0.25) is 0 Å². The minimum absolute atomic E-state index is 0.181. The topological polar surface area (TPSA) is 72.9 Å². The summed E-state index contributed by atoms with van der Waals surface area (Å²) in [6.07, 6.45) is 0.379. The first kappa shape index (κ1) is 10.4. The van der Waals surface area contributed by atoms with Gasteiger partial charge in [-0.1, -0.05) is 0 Å². The smallest absolute Gasteiger partial charge is 0.324 e. The number of carbonyl (C=O) groups excluding carboxylic acids is 2. The Morgan fingerprint density at radius 3 is 2.87 bits per heavy atom. The Kier molecular flexibility index (Phi) is 2.88. The second-order valence-corrected chi connectivity index (χ2v) is 3.95. The number of hydrogen-bond donors (Lipinski definition) is 2. The molecule has 1 unspecified atom stereocenters. The normalized spacial score (nSPS) is 27.1. The molecule has 2 aliphatic heterocycles. The van der Waals surface area contributed by atoms with Gasteiger partial charge in [-0.15, -0.1) is 0 Å². The highest BCUT2D eigenvalue weighted by atomic mass is 16.3. The molecule has 0 aromatic heterocycles. The lowest BCUT2D eigenvalue weighted by Gasteiger charge is -2.18. The Hall–Kier alpha value is -1.14. The van der Waals surface area contributed by atoms with Crippen molar-refractivity contribution in [3.63, 3.8) is 0 Å². The van der Waals surface area contributed by atoms with E-state index >= 15 is 0 Å². The molecule has 15 heavy (non-hydrogen) atoms. The van der Waals surface area contributed by atoms with Crippen molar-refractivity contribution in [1.82, 2.24) is 15.1 Å². The SMILES string of the molecule is O=C(CN1CCC(O)C1)N1CCNC1=O. The first-order chi connectivity index (χ1) is 7.16. The summed E-state index contributed by atoms with van der Waals surface area (Å²) in [6, 6.07) is -0.306. The minimum Gasteiger partial charge on any atom is -0.392 e. The Bertz CT molecular complexity index is 282. The third-order valence-electron chi connectivity index (χ3n) is 2.76. The van der Waals surface area contributed by atoms with Gasteiger partial charge in [0.2, 0.25) is 5.91 Å². The van der Waals surface area contributed by atoms with Gasteiger partial charge >= 0.3 is 6.03 Å². The van der Waals surface area contributed by atoms with Crippen LogP contribution < -0.4 is 5.32 Å². The van der Waals surface area contributed by atoms with Gasteiger partial charge in [-0.2, -0.15) is 0 Å². The van der Waals surface area contributed by atoms with Crippen molar-refractivity contribution < 1.29 is 14.7 Å². The first-order valence-corrected chi connectivity index (χ1v) is 5.15. The fourth-order valence-electron chi connectivity index (χ4n) is 1.94. The lowest BCUT2D eigenvalue weighted by atomic mass is 10.3. The molecule has 2 aliphatic rings. The molecule has 0 radical (unpaired) electrons. The highest BCUT2D eigenvalue weighted by molar-refractivity contribution is 5.96. The molecule has 0 saturated carbocycles. The summed E-state index contributed by atoms with van der Waals surface area (Å²) in [6.45, 7) is 2.47. The van der Waals surface area contributed by atoms with Gasteiger partial charge in [0.25, 0.3) is 0 Å². The Labute approximate surface area is 87.8 Å². The number of amides is 3. The third kappa shape index (κ3) is 2.27. The number of imide groups is 1. The molecule has 6 heteroatoms. The average Bonchev–Trinajstić information content (AvgIpc) is 2.75. The zero-order valence-corrected chi connectivity index (χ0v) is 8.48. The highest BCUT2D eigenvalue weighted by Crippen LogP contribution is 2.09. The van der Waals surface area contributed by atoms with E-state index in [0.29, 0.717) is 26.1 Å². The van der Waals surface area contributed by atoms with Crippen molar-refractivity contribution in [2.45, 2.75) is 12.5 Å². The summed E-state index contributed by atoms with van der Waals surface area (Å²) in [5.74, 6) is -0.181. The van der Waals surface area contributed by atoms with E-state index in [-0.39, 0.29) is 24.6 Å². The van der Waals surface area contributed by atoms with E-state index in [1.165, 1.54) is 4.90 Å². The number of aliphatic hydroxyl groups excluding tert-OH is 1. The van der Waals surface area contributed by atoms with E-state index in [2.05, 4.69) is 5.32 Å². The van der Waals surface area contributed by atoms with Crippen LogP contribution >= 0.6 is 0 Å². The molecule has 0 aromatic carbocycles. The summed E-state index contributed by atoms with van der Waals surface area (Å²) in [4.78, 5) is 25.9. The molecule has 2 fully saturated rings. The Balaban J connectivity index is 1.84. The number of likely N-dealkylation sites (tertiary alicyclic amines) is 1. The summed E-state index contributed by atoms with van der Waals surface area (Å²) in [5, 5.41) is 11.9. The van der Waals surface area contributed by atoms with Crippen molar-refractivity contribution >= 4 is 11.9 Å². The predicted molar refractivity (Wildman–Crippen MR) is 52.2 cm³/mol. The highest BCUT2D eigenvalue weighted by Gasteiger charge is 2.29. The van der Waals surface area contributed by atoms with E-state index in [0.717, 1.165) is 6.54 Å². The van der Waals surface area contributed by atoms with E-state index in [4.69, 9.17) is 0 Å². The van der Waals surface area contributed by atoms with E-state index < -0.39 is 0 Å². The molecule has 2 N–H and O–H groups in total. The second kappa shape index (κ2) is 4.16. The van der Waals surface area contributed by atoms with Crippen molar-refractivity contribution in [2.75, 3.05) is 32.7 Å². The fourth-order valence-corrected chi connectivity index (χ4v) is 1.94. The van der Waals surface area contributed by atoms with Gasteiger partial charge in [0.15, 0.2) is 0 Å². The van der Waals surface area contributed by atoms with Crippen molar-refractivity contribution in [2.24, 2.45) is 0 Å². The maximum atomic E-state index is 11.7. The molecule has 0 bridgehead atoms. The van der Waals surface area contributed by atoms with Crippen LogP contribution in [0.1, 0.15) is 6.42 Å². The molecule has 2 heterocycles. The average molecular weight is 213 g/mol. The molecule has 0 spiro atoms. The molecule has 6 nitrogen and oxygen atoms in total. The summed E-state index contributed by atoms with van der Waals surface area (Å²) in [5.41, 5.74) is 0. The van der Waals surface area contributed by atoms with Crippen LogP contribution in [-0.4, -0.2) is 65.7 Å². The number of rotatable bonds is 2. The van der Waals surface area contributed by atoms with Crippen LogP contribution in [-0.2, 0) is 4.79 Å². The molecule has 2 saturated heterocycles. The predicted octanol–water partition coefficient (Wildman–Crippen LogP) is -1.40. The van der Waals surface area contributed by atoms with Gasteiger partial charge in [-0.05, 0) is 6.42 Å². The maximum absolute atomic E-state index is 11.7. The van der Waals surface area contributed by atoms with E-state index in [1.54, 1.807) is 0 Å². The maximum Gasteiger partial charge on any atom is 0.324 e. The summed E-state index contributed by atoms with van der Waals surface area (Å²) in [7, 11) is 0. The number of nitrogens with one attached hydrogen (secondary N) is 1. The molecule has 1 atom stereocenters. The van der Waals surface area contributed by atoms with Crippen molar-refractivity contribution in [3.8, 4) is 0 Å². The van der Waals surface area contributed by atoms with Crippen LogP contribution in [0.15, 0.2) is 0 Å². The number of urea groups is 1. The van der Waals surface area contributed by atoms with Crippen LogP contribution in [0.5, 0.6) is 0 Å². The molecule has 0 aromatic rings. The van der Waals surface area contributed by atoms with Crippen LogP contribution in [0.3, 0.4) is 0 Å². The zero-order valence-electron chi connectivity index (χ0n) is 8.48. The molecular formula is C9H15N3O3. The van der Waals surface area contributed by atoms with Gasteiger partial charge in [0.05, 0.1) is 12.6 Å². The molecule has 84 valence electrons. The second-order valence-electron chi connectivity index (χ2n) is 3.95. The lowest BCUT2D eigenvalue weighted by molar-refractivity contribution is -0.128. The minimum atomic E-state index is -0.329.